The first kappa shape index (κ1) is 10.8. The van der Waals surface area contributed by atoms with Gasteiger partial charge in [-0.1, -0.05) is 0 Å². The highest BCUT2D eigenvalue weighted by atomic mass is 19.1. The lowest BCUT2D eigenvalue weighted by molar-refractivity contribution is 0.0961. The quantitative estimate of drug-likeness (QED) is 0.699. The van der Waals surface area contributed by atoms with E-state index in [4.69, 9.17) is 10.8 Å². The fourth-order valence-electron chi connectivity index (χ4n) is 1.06. The van der Waals surface area contributed by atoms with Crippen LogP contribution in [0.25, 0.3) is 0 Å². The van der Waals surface area contributed by atoms with E-state index in [0.717, 1.165) is 0 Å². The fourth-order valence-corrected chi connectivity index (χ4v) is 1.06. The van der Waals surface area contributed by atoms with Gasteiger partial charge in [0.2, 0.25) is 0 Å². The lowest BCUT2D eigenvalue weighted by Gasteiger charge is -2.06. The number of benzene rings is 1. The number of aliphatic hydroxyl groups is 1. The molecule has 1 aromatic rings. The van der Waals surface area contributed by atoms with Crippen molar-refractivity contribution in [2.45, 2.75) is 12.5 Å². The number of ketones is 1. The summed E-state index contributed by atoms with van der Waals surface area (Å²) in [6, 6.07) is 4.70. The van der Waals surface area contributed by atoms with Crippen molar-refractivity contribution in [1.82, 2.24) is 0 Å². The summed E-state index contributed by atoms with van der Waals surface area (Å²) in [6.45, 7) is -0.229. The van der Waals surface area contributed by atoms with Crippen molar-refractivity contribution < 1.29 is 14.3 Å². The smallest absolute Gasteiger partial charge is 0.164 e. The predicted octanol–water partition coefficient (Wildman–Crippen LogP) is 0.718. The third-order valence-electron chi connectivity index (χ3n) is 1.85. The molecule has 0 bridgehead atoms. The van der Waals surface area contributed by atoms with E-state index in [-0.39, 0.29) is 24.6 Å². The molecule has 1 aromatic carbocycles. The number of carbonyl (C=O) groups excluding carboxylic acids is 1. The Morgan fingerprint density at radius 2 is 2.00 bits per heavy atom. The Bertz CT molecular complexity index is 310. The molecule has 0 aromatic heterocycles. The number of hydrogen-bond donors (Lipinski definition) is 2. The van der Waals surface area contributed by atoms with Crippen LogP contribution < -0.4 is 5.73 Å². The maximum atomic E-state index is 12.5. The van der Waals surface area contributed by atoms with Crippen molar-refractivity contribution >= 4 is 5.78 Å². The van der Waals surface area contributed by atoms with Crippen molar-refractivity contribution in [3.05, 3.63) is 35.6 Å². The van der Waals surface area contributed by atoms with Gasteiger partial charge in [0.05, 0.1) is 6.61 Å². The Morgan fingerprint density at radius 3 is 2.50 bits per heavy atom. The SMILES string of the molecule is NC(CO)CC(=O)c1ccc(F)cc1. The molecule has 0 spiro atoms. The number of nitrogens with two attached hydrogens (primary N) is 1. The molecule has 0 aliphatic rings. The zero-order chi connectivity index (χ0) is 10.6. The molecular formula is C10H12FNO2. The monoisotopic (exact) mass is 197 g/mol. The molecule has 14 heavy (non-hydrogen) atoms. The minimum atomic E-state index is -0.549. The highest BCUT2D eigenvalue weighted by molar-refractivity contribution is 5.96. The number of hydrogen-bond acceptors (Lipinski definition) is 3. The number of Topliss-reactive ketones (excluding diaryl/α,β-unsaturated/α-hetero) is 1. The van der Waals surface area contributed by atoms with E-state index >= 15 is 0 Å². The summed E-state index contributed by atoms with van der Waals surface area (Å²) in [6.07, 6.45) is 0.0716. The van der Waals surface area contributed by atoms with Gasteiger partial charge in [-0.25, -0.2) is 4.39 Å². The van der Waals surface area contributed by atoms with E-state index < -0.39 is 6.04 Å². The summed E-state index contributed by atoms with van der Waals surface area (Å²) in [5, 5.41) is 8.64. The van der Waals surface area contributed by atoms with Gasteiger partial charge in [-0.05, 0) is 24.3 Å². The first-order valence-electron chi connectivity index (χ1n) is 4.28. The first-order valence-corrected chi connectivity index (χ1v) is 4.28. The molecule has 4 heteroatoms. The Balaban J connectivity index is 2.65. The molecular weight excluding hydrogens is 185 g/mol. The summed E-state index contributed by atoms with van der Waals surface area (Å²) in [7, 11) is 0. The summed E-state index contributed by atoms with van der Waals surface area (Å²) in [5.74, 6) is -0.570. The molecule has 0 amide bonds. The molecule has 3 N–H and O–H groups in total. The minimum absolute atomic E-state index is 0.0716. The third-order valence-corrected chi connectivity index (χ3v) is 1.85. The van der Waals surface area contributed by atoms with Gasteiger partial charge in [-0.3, -0.25) is 4.79 Å². The van der Waals surface area contributed by atoms with Gasteiger partial charge < -0.3 is 10.8 Å². The highest BCUT2D eigenvalue weighted by Crippen LogP contribution is 2.06. The molecule has 1 unspecified atom stereocenters. The second-order valence-electron chi connectivity index (χ2n) is 3.08. The third kappa shape index (κ3) is 2.90. The minimum Gasteiger partial charge on any atom is -0.395 e. The average Bonchev–Trinajstić information content (AvgIpc) is 2.18. The van der Waals surface area contributed by atoms with Crippen LogP contribution >= 0.6 is 0 Å². The van der Waals surface area contributed by atoms with Crippen LogP contribution in [0.3, 0.4) is 0 Å². The molecule has 1 atom stereocenters. The standard InChI is InChI=1S/C10H12FNO2/c11-8-3-1-7(2-4-8)10(14)5-9(12)6-13/h1-4,9,13H,5-6,12H2. The van der Waals surface area contributed by atoms with Crippen LogP contribution in [0.1, 0.15) is 16.8 Å². The maximum Gasteiger partial charge on any atom is 0.164 e. The molecule has 3 nitrogen and oxygen atoms in total. The second kappa shape index (κ2) is 4.83. The van der Waals surface area contributed by atoms with Gasteiger partial charge in [0.1, 0.15) is 5.82 Å². The number of halogens is 1. The van der Waals surface area contributed by atoms with Crippen molar-refractivity contribution in [1.29, 1.82) is 0 Å². The molecule has 0 aliphatic heterocycles. The summed E-state index contributed by atoms with van der Waals surface area (Å²) in [4.78, 5) is 11.4. The maximum absolute atomic E-state index is 12.5. The van der Waals surface area contributed by atoms with Crippen LogP contribution in [0.4, 0.5) is 4.39 Å². The van der Waals surface area contributed by atoms with E-state index in [1.54, 1.807) is 0 Å². The lowest BCUT2D eigenvalue weighted by atomic mass is 10.0. The normalized spacial score (nSPS) is 12.5. The van der Waals surface area contributed by atoms with E-state index in [1.807, 2.05) is 0 Å². The van der Waals surface area contributed by atoms with Gasteiger partial charge in [-0.2, -0.15) is 0 Å². The number of carbonyl (C=O) groups is 1. The second-order valence-corrected chi connectivity index (χ2v) is 3.08. The van der Waals surface area contributed by atoms with Crippen LogP contribution in [-0.2, 0) is 0 Å². The Labute approximate surface area is 81.4 Å². The zero-order valence-corrected chi connectivity index (χ0v) is 7.61. The van der Waals surface area contributed by atoms with Gasteiger partial charge >= 0.3 is 0 Å². The molecule has 0 saturated carbocycles. The van der Waals surface area contributed by atoms with E-state index in [0.29, 0.717) is 5.56 Å². The van der Waals surface area contributed by atoms with Crippen molar-refractivity contribution in [2.24, 2.45) is 5.73 Å². The number of aliphatic hydroxyl groups excluding tert-OH is 1. The summed E-state index contributed by atoms with van der Waals surface area (Å²) < 4.78 is 12.5. The highest BCUT2D eigenvalue weighted by Gasteiger charge is 2.10. The van der Waals surface area contributed by atoms with E-state index in [1.165, 1.54) is 24.3 Å². The zero-order valence-electron chi connectivity index (χ0n) is 7.61. The Morgan fingerprint density at radius 1 is 1.43 bits per heavy atom. The Hall–Kier alpha value is -1.26. The average molecular weight is 197 g/mol. The molecule has 0 heterocycles. The molecule has 0 radical (unpaired) electrons. The van der Waals surface area contributed by atoms with Crippen molar-refractivity contribution in [2.75, 3.05) is 6.61 Å². The first-order chi connectivity index (χ1) is 6.63. The molecule has 0 aliphatic carbocycles. The van der Waals surface area contributed by atoms with Crippen LogP contribution in [0.2, 0.25) is 0 Å². The van der Waals surface area contributed by atoms with Crippen LogP contribution in [0.15, 0.2) is 24.3 Å². The molecule has 0 saturated heterocycles. The Kier molecular flexibility index (Phi) is 3.73. The molecule has 76 valence electrons. The summed E-state index contributed by atoms with van der Waals surface area (Å²) in [5.41, 5.74) is 5.81. The molecule has 0 fully saturated rings. The number of rotatable bonds is 4. The molecule has 1 rings (SSSR count). The van der Waals surface area contributed by atoms with Gasteiger partial charge in [-0.15, -0.1) is 0 Å². The van der Waals surface area contributed by atoms with Gasteiger partial charge in [0, 0.05) is 18.0 Å². The van der Waals surface area contributed by atoms with Crippen molar-refractivity contribution in [3.8, 4) is 0 Å². The fraction of sp³-hybridized carbons (Fsp3) is 0.300. The van der Waals surface area contributed by atoms with E-state index in [9.17, 15) is 9.18 Å². The van der Waals surface area contributed by atoms with Crippen LogP contribution in [-0.4, -0.2) is 23.5 Å². The largest absolute Gasteiger partial charge is 0.395 e. The van der Waals surface area contributed by atoms with E-state index in [2.05, 4.69) is 0 Å². The van der Waals surface area contributed by atoms with Crippen LogP contribution in [0, 0.1) is 5.82 Å². The topological polar surface area (TPSA) is 63.3 Å². The van der Waals surface area contributed by atoms with Crippen LogP contribution in [0.5, 0.6) is 0 Å². The van der Waals surface area contributed by atoms with Gasteiger partial charge in [0.15, 0.2) is 5.78 Å². The van der Waals surface area contributed by atoms with Crippen molar-refractivity contribution in [3.63, 3.8) is 0 Å². The summed E-state index contributed by atoms with van der Waals surface area (Å²) >= 11 is 0. The predicted molar refractivity (Wildman–Crippen MR) is 50.4 cm³/mol. The lowest BCUT2D eigenvalue weighted by Crippen LogP contribution is -2.27. The van der Waals surface area contributed by atoms with Gasteiger partial charge in [0.25, 0.3) is 0 Å².